The monoisotopic (exact) mass is 562 g/mol. The predicted octanol–water partition coefficient (Wildman–Crippen LogP) is 3.57. The quantitative estimate of drug-likeness (QED) is 0.436. The van der Waals surface area contributed by atoms with Gasteiger partial charge < -0.3 is 15.5 Å². The lowest BCUT2D eigenvalue weighted by atomic mass is 9.73. The van der Waals surface area contributed by atoms with Crippen LogP contribution in [0, 0.1) is 0 Å². The Bertz CT molecular complexity index is 1400. The maximum Gasteiger partial charge on any atom is 0.228 e. The molecule has 10 nitrogen and oxygen atoms in total. The van der Waals surface area contributed by atoms with Crippen LogP contribution in [0.5, 0.6) is 0 Å². The second kappa shape index (κ2) is 11.0. The Labute approximate surface area is 238 Å². The average molecular weight is 563 g/mol. The van der Waals surface area contributed by atoms with E-state index in [9.17, 15) is 9.59 Å². The van der Waals surface area contributed by atoms with Crippen LogP contribution in [0.3, 0.4) is 0 Å². The molecule has 1 aliphatic carbocycles. The van der Waals surface area contributed by atoms with Gasteiger partial charge in [0.05, 0.1) is 24.2 Å². The minimum atomic E-state index is -0.319. The molecule has 3 N–H and O–H groups in total. The summed E-state index contributed by atoms with van der Waals surface area (Å²) in [5.41, 5.74) is 9.92. The number of rotatable bonds is 6. The van der Waals surface area contributed by atoms with Crippen molar-refractivity contribution in [3.8, 4) is 11.4 Å². The smallest absolute Gasteiger partial charge is 0.228 e. The molecule has 3 aliphatic rings. The number of nitrogens with one attached hydrogen (secondary N) is 1. The minimum absolute atomic E-state index is 0.0740. The number of nitrogens with two attached hydrogens (primary N) is 1. The first kappa shape index (κ1) is 27.0. The Morgan fingerprint density at radius 1 is 1.05 bits per heavy atom. The molecule has 11 heteroatoms. The Morgan fingerprint density at radius 3 is 2.55 bits per heavy atom. The van der Waals surface area contributed by atoms with Crippen LogP contribution in [0.15, 0.2) is 11.6 Å². The lowest BCUT2D eigenvalue weighted by Gasteiger charge is -2.38. The number of nitrogens with zero attached hydrogens (tertiary/aromatic N) is 6. The van der Waals surface area contributed by atoms with Gasteiger partial charge in [-0.1, -0.05) is 26.7 Å². The van der Waals surface area contributed by atoms with Crippen molar-refractivity contribution >= 4 is 29.0 Å². The molecule has 0 unspecified atom stereocenters. The topological polar surface area (TPSA) is 134 Å². The highest BCUT2D eigenvalue weighted by Gasteiger charge is 2.38. The van der Waals surface area contributed by atoms with Crippen molar-refractivity contribution in [1.29, 1.82) is 0 Å². The largest absolute Gasteiger partial charge is 0.368 e. The lowest BCUT2D eigenvalue weighted by molar-refractivity contribution is -0.132. The molecule has 1 amide bonds. The second-order valence-electron chi connectivity index (χ2n) is 12.1. The number of carbonyl (C=O) groups excluding carboxylic acids is 2. The molecule has 0 bridgehead atoms. The van der Waals surface area contributed by atoms with Gasteiger partial charge in [-0.15, -0.1) is 11.3 Å². The molecule has 2 fully saturated rings. The number of anilines is 1. The molecular weight excluding hydrogens is 524 g/mol. The molecule has 0 atom stereocenters. The van der Waals surface area contributed by atoms with Gasteiger partial charge in [-0.05, 0) is 56.2 Å². The van der Waals surface area contributed by atoms with Crippen LogP contribution in [0.2, 0.25) is 0 Å². The number of hydrogen-bond acceptors (Lipinski definition) is 9. The van der Waals surface area contributed by atoms with E-state index in [0.29, 0.717) is 34.6 Å². The third-order valence-electron chi connectivity index (χ3n) is 8.68. The summed E-state index contributed by atoms with van der Waals surface area (Å²) < 4.78 is 0. The summed E-state index contributed by atoms with van der Waals surface area (Å²) >= 11 is 1.43. The van der Waals surface area contributed by atoms with Crippen molar-refractivity contribution in [2.24, 2.45) is 0 Å². The number of fused-ring (bicyclic) bond motifs is 3. The maximum atomic E-state index is 13.4. The molecule has 6 rings (SSSR count). The molecule has 0 spiro atoms. The van der Waals surface area contributed by atoms with Gasteiger partial charge in [0.25, 0.3) is 0 Å². The van der Waals surface area contributed by atoms with Gasteiger partial charge in [-0.25, -0.2) is 15.0 Å². The van der Waals surface area contributed by atoms with Gasteiger partial charge in [0.2, 0.25) is 11.9 Å². The molecule has 3 aromatic heterocycles. The Kier molecular flexibility index (Phi) is 7.43. The fourth-order valence-corrected chi connectivity index (χ4v) is 7.43. The molecule has 0 aromatic carbocycles. The zero-order chi connectivity index (χ0) is 27.9. The number of hydrogen-bond donors (Lipinski definition) is 2. The minimum Gasteiger partial charge on any atom is -0.368 e. The molecule has 212 valence electrons. The first-order valence-electron chi connectivity index (χ1n) is 14.5. The van der Waals surface area contributed by atoms with Crippen LogP contribution in [-0.4, -0.2) is 78.9 Å². The third-order valence-corrected chi connectivity index (χ3v) is 9.58. The summed E-state index contributed by atoms with van der Waals surface area (Å²) in [5, 5.41) is 10.1. The number of thiazole rings is 1. The molecule has 5 heterocycles. The first-order chi connectivity index (χ1) is 19.3. The van der Waals surface area contributed by atoms with Crippen molar-refractivity contribution in [2.75, 3.05) is 31.9 Å². The number of aromatic nitrogens is 5. The van der Waals surface area contributed by atoms with Crippen LogP contribution in [-0.2, 0) is 29.5 Å². The molecule has 2 aliphatic heterocycles. The summed E-state index contributed by atoms with van der Waals surface area (Å²) in [4.78, 5) is 44.3. The van der Waals surface area contributed by atoms with Crippen molar-refractivity contribution in [2.45, 2.75) is 83.1 Å². The van der Waals surface area contributed by atoms with Crippen LogP contribution < -0.4 is 5.73 Å². The Hall–Kier alpha value is -3.18. The molecule has 40 heavy (non-hydrogen) atoms. The number of nitrogen functional groups attached to an aromatic ring is 1. The Balaban J connectivity index is 1.08. The SMILES string of the molecule is CC1(C)Cc2cnc(N)nc2-c2n[nH]c(C(=O)Cc3nc(CC(=O)N4CCC(N5CCCCCC5)CC4)cs3)c21. The number of H-pyrrole nitrogens is 1. The number of ketones is 1. The van der Waals surface area contributed by atoms with E-state index in [4.69, 9.17) is 5.73 Å². The highest BCUT2D eigenvalue weighted by Crippen LogP contribution is 2.43. The number of piperidine rings is 1. The van der Waals surface area contributed by atoms with Gasteiger partial charge >= 0.3 is 0 Å². The predicted molar refractivity (Wildman–Crippen MR) is 154 cm³/mol. The van der Waals surface area contributed by atoms with Crippen LogP contribution in [0.25, 0.3) is 11.4 Å². The number of aromatic amines is 1. The van der Waals surface area contributed by atoms with E-state index in [-0.39, 0.29) is 35.9 Å². The fraction of sp³-hybridized carbons (Fsp3) is 0.586. The molecule has 0 radical (unpaired) electrons. The van der Waals surface area contributed by atoms with Gasteiger partial charge in [0.1, 0.15) is 16.4 Å². The number of likely N-dealkylation sites (tertiary alicyclic amines) is 2. The van der Waals surface area contributed by atoms with E-state index in [0.717, 1.165) is 42.8 Å². The first-order valence-corrected chi connectivity index (χ1v) is 15.4. The summed E-state index contributed by atoms with van der Waals surface area (Å²) in [5.74, 6) is 0.240. The Morgan fingerprint density at radius 2 is 1.80 bits per heavy atom. The fourth-order valence-electron chi connectivity index (χ4n) is 6.64. The maximum absolute atomic E-state index is 13.4. The average Bonchev–Trinajstić information content (AvgIpc) is 3.49. The van der Waals surface area contributed by atoms with Crippen molar-refractivity contribution in [1.82, 2.24) is 34.9 Å². The molecule has 2 saturated heterocycles. The van der Waals surface area contributed by atoms with E-state index >= 15 is 0 Å². The van der Waals surface area contributed by atoms with Crippen LogP contribution in [0.1, 0.15) is 84.7 Å². The van der Waals surface area contributed by atoms with Crippen LogP contribution in [0.4, 0.5) is 5.95 Å². The van der Waals surface area contributed by atoms with Crippen molar-refractivity contribution < 1.29 is 9.59 Å². The highest BCUT2D eigenvalue weighted by atomic mass is 32.1. The summed E-state index contributed by atoms with van der Waals surface area (Å²) in [6, 6.07) is 0.607. The standard InChI is InChI=1S/C29H38N8O2S/c1-29(2)15-18-16-31-28(30)33-25(18)27-24(29)26(34-35-27)21(38)14-22-32-19(17-40-22)13-23(39)37-11-7-20(8-12-37)36-9-5-3-4-6-10-36/h16-17,20H,3-15H2,1-2H3,(H,34,35)(H2,30,31,33). The van der Waals surface area contributed by atoms with Gasteiger partial charge in [-0.3, -0.25) is 14.7 Å². The normalized spacial score (nSPS) is 19.6. The summed E-state index contributed by atoms with van der Waals surface area (Å²) in [6.45, 7) is 8.23. The number of carbonyl (C=O) groups is 2. The van der Waals surface area contributed by atoms with Gasteiger partial charge in [-0.2, -0.15) is 5.10 Å². The number of Topliss-reactive ketones (excluding diaryl/α,β-unsaturated/α-hetero) is 1. The van der Waals surface area contributed by atoms with E-state index in [1.165, 1.54) is 50.1 Å². The molecule has 0 saturated carbocycles. The van der Waals surface area contributed by atoms with Crippen molar-refractivity contribution in [3.63, 3.8) is 0 Å². The third kappa shape index (κ3) is 5.41. The molecular formula is C29H38N8O2S. The summed E-state index contributed by atoms with van der Waals surface area (Å²) in [7, 11) is 0. The van der Waals surface area contributed by atoms with E-state index in [2.05, 4.69) is 43.9 Å². The lowest BCUT2D eigenvalue weighted by Crippen LogP contribution is -2.47. The van der Waals surface area contributed by atoms with Crippen LogP contribution >= 0.6 is 11.3 Å². The van der Waals surface area contributed by atoms with Gasteiger partial charge in [0, 0.05) is 36.3 Å². The number of amides is 1. The van der Waals surface area contributed by atoms with E-state index in [1.54, 1.807) is 6.20 Å². The van der Waals surface area contributed by atoms with E-state index < -0.39 is 0 Å². The van der Waals surface area contributed by atoms with E-state index in [1.807, 2.05) is 10.3 Å². The molecule has 3 aromatic rings. The van der Waals surface area contributed by atoms with Gasteiger partial charge in [0.15, 0.2) is 5.78 Å². The summed E-state index contributed by atoms with van der Waals surface area (Å²) in [6.07, 6.45) is 10.3. The van der Waals surface area contributed by atoms with Crippen molar-refractivity contribution in [3.05, 3.63) is 39.1 Å². The zero-order valence-corrected chi connectivity index (χ0v) is 24.2. The highest BCUT2D eigenvalue weighted by molar-refractivity contribution is 7.09. The second-order valence-corrected chi connectivity index (χ2v) is 13.0. The zero-order valence-electron chi connectivity index (χ0n) is 23.4.